The Morgan fingerprint density at radius 1 is 1.42 bits per heavy atom. The Bertz CT molecular complexity index is 475. The Balaban J connectivity index is 1.99. The van der Waals surface area contributed by atoms with Gasteiger partial charge >= 0.3 is 0 Å². The van der Waals surface area contributed by atoms with Crippen LogP contribution in [0.4, 0.5) is 4.39 Å². The van der Waals surface area contributed by atoms with Gasteiger partial charge in [0, 0.05) is 23.0 Å². The van der Waals surface area contributed by atoms with E-state index in [1.54, 1.807) is 6.07 Å². The zero-order valence-electron chi connectivity index (χ0n) is 10.9. The number of amides is 1. The molecule has 0 unspecified atom stereocenters. The molecule has 19 heavy (non-hydrogen) atoms. The van der Waals surface area contributed by atoms with Crippen LogP contribution < -0.4 is 10.6 Å². The molecule has 5 heteroatoms. The van der Waals surface area contributed by atoms with Gasteiger partial charge in [-0.05, 0) is 38.1 Å². The van der Waals surface area contributed by atoms with Crippen molar-refractivity contribution in [2.45, 2.75) is 19.3 Å². The molecule has 1 fully saturated rings. The minimum Gasteiger partial charge on any atom is -0.351 e. The van der Waals surface area contributed by atoms with Crippen molar-refractivity contribution in [2.75, 3.05) is 20.1 Å². The third-order valence-electron chi connectivity index (χ3n) is 3.76. The van der Waals surface area contributed by atoms with Crippen LogP contribution in [0.2, 0.25) is 0 Å². The second kappa shape index (κ2) is 6.01. The van der Waals surface area contributed by atoms with Crippen LogP contribution in [0.5, 0.6) is 0 Å². The van der Waals surface area contributed by atoms with Crippen LogP contribution in [-0.4, -0.2) is 26.0 Å². The Labute approximate surface area is 121 Å². The second-order valence-corrected chi connectivity index (χ2v) is 6.11. The average Bonchev–Trinajstić information content (AvgIpc) is 2.35. The van der Waals surface area contributed by atoms with Crippen LogP contribution in [0, 0.1) is 11.2 Å². The topological polar surface area (TPSA) is 41.1 Å². The summed E-state index contributed by atoms with van der Waals surface area (Å²) >= 11 is 3.25. The molecule has 1 amide bonds. The number of nitrogens with one attached hydrogen (secondary N) is 2. The summed E-state index contributed by atoms with van der Waals surface area (Å²) in [6.45, 7) is 1.48. The molecule has 1 aromatic rings. The lowest BCUT2D eigenvalue weighted by molar-refractivity contribution is 0.0858. The summed E-state index contributed by atoms with van der Waals surface area (Å²) in [5.74, 6) is -0.835. The van der Waals surface area contributed by atoms with E-state index < -0.39 is 5.82 Å². The van der Waals surface area contributed by atoms with Crippen LogP contribution in [-0.2, 0) is 0 Å². The average molecular weight is 329 g/mol. The smallest absolute Gasteiger partial charge is 0.254 e. The molecule has 0 bridgehead atoms. The number of hydrogen-bond donors (Lipinski definition) is 2. The van der Waals surface area contributed by atoms with Crippen LogP contribution >= 0.6 is 15.9 Å². The first-order valence-electron chi connectivity index (χ1n) is 6.44. The van der Waals surface area contributed by atoms with Gasteiger partial charge in [0.2, 0.25) is 0 Å². The van der Waals surface area contributed by atoms with Gasteiger partial charge in [0.1, 0.15) is 5.82 Å². The van der Waals surface area contributed by atoms with E-state index in [2.05, 4.69) is 26.6 Å². The molecular formula is C14H18BrFN2O. The van der Waals surface area contributed by atoms with E-state index in [1.165, 1.54) is 18.6 Å². The van der Waals surface area contributed by atoms with Crippen molar-refractivity contribution in [3.63, 3.8) is 0 Å². The number of carbonyl (C=O) groups excluding carboxylic acids is 1. The van der Waals surface area contributed by atoms with Crippen molar-refractivity contribution < 1.29 is 9.18 Å². The van der Waals surface area contributed by atoms with Crippen molar-refractivity contribution in [3.05, 3.63) is 34.1 Å². The third-order valence-corrected chi connectivity index (χ3v) is 4.26. The quantitative estimate of drug-likeness (QED) is 0.872. The van der Waals surface area contributed by atoms with Gasteiger partial charge in [0.25, 0.3) is 5.91 Å². The minimum atomic E-state index is -0.489. The van der Waals surface area contributed by atoms with Gasteiger partial charge in [-0.3, -0.25) is 4.79 Å². The molecule has 2 N–H and O–H groups in total. The largest absolute Gasteiger partial charge is 0.351 e. The highest BCUT2D eigenvalue weighted by Gasteiger charge is 2.36. The van der Waals surface area contributed by atoms with Crippen LogP contribution in [0.1, 0.15) is 29.6 Å². The zero-order valence-corrected chi connectivity index (χ0v) is 12.5. The predicted octanol–water partition coefficient (Wildman–Crippen LogP) is 2.71. The predicted molar refractivity (Wildman–Crippen MR) is 76.6 cm³/mol. The molecule has 1 saturated carbocycles. The summed E-state index contributed by atoms with van der Waals surface area (Å²) in [7, 11) is 1.91. The first-order chi connectivity index (χ1) is 9.06. The van der Waals surface area contributed by atoms with Gasteiger partial charge in [-0.15, -0.1) is 0 Å². The first kappa shape index (κ1) is 14.5. The number of rotatable bonds is 5. The fraction of sp³-hybridized carbons (Fsp3) is 0.500. The van der Waals surface area contributed by atoms with Gasteiger partial charge in [-0.25, -0.2) is 4.39 Å². The number of carbonyl (C=O) groups is 1. The molecule has 104 valence electrons. The van der Waals surface area contributed by atoms with Gasteiger partial charge in [0.15, 0.2) is 0 Å². The summed E-state index contributed by atoms with van der Waals surface area (Å²) < 4.78 is 14.3. The molecule has 0 aromatic heterocycles. The molecule has 1 aromatic carbocycles. The standard InChI is InChI=1S/C14H18BrFN2O/c1-17-8-14(5-2-6-14)9-18-13(19)11-7-10(15)3-4-12(11)16/h3-4,7,17H,2,5-6,8-9H2,1H3,(H,18,19). The highest BCUT2D eigenvalue weighted by Crippen LogP contribution is 2.39. The molecule has 0 spiro atoms. The SMILES string of the molecule is CNCC1(CNC(=O)c2cc(Br)ccc2F)CCC1. The Kier molecular flexibility index (Phi) is 4.58. The van der Waals surface area contributed by atoms with Gasteiger partial charge < -0.3 is 10.6 Å². The van der Waals surface area contributed by atoms with E-state index in [4.69, 9.17) is 0 Å². The number of benzene rings is 1. The summed E-state index contributed by atoms with van der Waals surface area (Å²) in [6, 6.07) is 4.39. The van der Waals surface area contributed by atoms with Crippen LogP contribution in [0.15, 0.2) is 22.7 Å². The highest BCUT2D eigenvalue weighted by atomic mass is 79.9. The summed E-state index contributed by atoms with van der Waals surface area (Å²) in [5, 5.41) is 6.02. The maximum Gasteiger partial charge on any atom is 0.254 e. The lowest BCUT2D eigenvalue weighted by Crippen LogP contribution is -2.47. The van der Waals surface area contributed by atoms with E-state index in [9.17, 15) is 9.18 Å². The Hall–Kier alpha value is -0.940. The molecule has 0 saturated heterocycles. The molecule has 0 atom stereocenters. The van der Waals surface area contributed by atoms with E-state index in [0.717, 1.165) is 19.4 Å². The van der Waals surface area contributed by atoms with Crippen molar-refractivity contribution in [2.24, 2.45) is 5.41 Å². The summed E-state index contributed by atoms with van der Waals surface area (Å²) in [5.41, 5.74) is 0.237. The molecule has 0 aliphatic heterocycles. The van der Waals surface area contributed by atoms with Gasteiger partial charge in [-0.1, -0.05) is 22.4 Å². The summed E-state index contributed by atoms with van der Waals surface area (Å²) in [6.07, 6.45) is 3.41. The van der Waals surface area contributed by atoms with Gasteiger partial charge in [-0.2, -0.15) is 0 Å². The number of hydrogen-bond acceptors (Lipinski definition) is 2. The highest BCUT2D eigenvalue weighted by molar-refractivity contribution is 9.10. The molecule has 3 nitrogen and oxygen atoms in total. The lowest BCUT2D eigenvalue weighted by Gasteiger charge is -2.42. The van der Waals surface area contributed by atoms with E-state index >= 15 is 0 Å². The Morgan fingerprint density at radius 3 is 2.74 bits per heavy atom. The van der Waals surface area contributed by atoms with Crippen molar-refractivity contribution >= 4 is 21.8 Å². The molecule has 0 heterocycles. The molecule has 2 rings (SSSR count). The fourth-order valence-corrected chi connectivity index (χ4v) is 2.86. The lowest BCUT2D eigenvalue weighted by atomic mass is 9.68. The normalized spacial score (nSPS) is 16.8. The van der Waals surface area contributed by atoms with Gasteiger partial charge in [0.05, 0.1) is 5.56 Å². The minimum absolute atomic E-state index is 0.0910. The van der Waals surface area contributed by atoms with E-state index in [1.807, 2.05) is 7.05 Å². The molecule has 0 radical (unpaired) electrons. The van der Waals surface area contributed by atoms with Crippen LogP contribution in [0.3, 0.4) is 0 Å². The maximum atomic E-state index is 13.6. The van der Waals surface area contributed by atoms with Crippen molar-refractivity contribution in [1.82, 2.24) is 10.6 Å². The zero-order chi connectivity index (χ0) is 13.9. The van der Waals surface area contributed by atoms with E-state index in [0.29, 0.717) is 11.0 Å². The first-order valence-corrected chi connectivity index (χ1v) is 7.23. The second-order valence-electron chi connectivity index (χ2n) is 5.19. The Morgan fingerprint density at radius 2 is 2.16 bits per heavy atom. The third kappa shape index (κ3) is 3.34. The van der Waals surface area contributed by atoms with Crippen molar-refractivity contribution in [1.29, 1.82) is 0 Å². The maximum absolute atomic E-state index is 13.6. The van der Waals surface area contributed by atoms with E-state index in [-0.39, 0.29) is 16.9 Å². The fourth-order valence-electron chi connectivity index (χ4n) is 2.50. The summed E-state index contributed by atoms with van der Waals surface area (Å²) in [4.78, 5) is 12.0. The molecular weight excluding hydrogens is 311 g/mol. The molecule has 1 aliphatic rings. The van der Waals surface area contributed by atoms with Crippen molar-refractivity contribution in [3.8, 4) is 0 Å². The molecule has 1 aliphatic carbocycles. The number of halogens is 2. The van der Waals surface area contributed by atoms with Crippen LogP contribution in [0.25, 0.3) is 0 Å². The monoisotopic (exact) mass is 328 g/mol.